The first-order chi connectivity index (χ1) is 9.69. The maximum Gasteiger partial charge on any atom is 0.411 e. The highest BCUT2D eigenvalue weighted by molar-refractivity contribution is 5.92. The molecule has 0 saturated carbocycles. The molecule has 0 aliphatic carbocycles. The molecule has 1 aromatic rings. The van der Waals surface area contributed by atoms with Gasteiger partial charge < -0.3 is 15.2 Å². The van der Waals surface area contributed by atoms with Crippen LogP contribution in [-0.4, -0.2) is 36.4 Å². The van der Waals surface area contributed by atoms with Crippen LogP contribution >= 0.6 is 0 Å². The van der Waals surface area contributed by atoms with Gasteiger partial charge in [0.1, 0.15) is 13.2 Å². The number of ether oxygens (including phenoxy) is 1. The Labute approximate surface area is 118 Å². The van der Waals surface area contributed by atoms with Gasteiger partial charge in [0.05, 0.1) is 5.92 Å². The van der Waals surface area contributed by atoms with Gasteiger partial charge in [-0.25, -0.2) is 0 Å². The first kappa shape index (κ1) is 17.0. The maximum absolute atomic E-state index is 11.8. The van der Waals surface area contributed by atoms with Crippen LogP contribution in [0.5, 0.6) is 0 Å². The van der Waals surface area contributed by atoms with Crippen LogP contribution in [0.2, 0.25) is 0 Å². The van der Waals surface area contributed by atoms with Gasteiger partial charge in [0.2, 0.25) is 5.91 Å². The zero-order valence-corrected chi connectivity index (χ0v) is 11.1. The van der Waals surface area contributed by atoms with Crippen molar-refractivity contribution >= 4 is 17.6 Å². The number of aliphatic carboxylic acids is 1. The van der Waals surface area contributed by atoms with Gasteiger partial charge in [-0.05, 0) is 24.6 Å². The van der Waals surface area contributed by atoms with Gasteiger partial charge in [0.25, 0.3) is 0 Å². The Balaban J connectivity index is 2.57. The molecule has 1 aromatic carbocycles. The van der Waals surface area contributed by atoms with Crippen molar-refractivity contribution in [1.82, 2.24) is 0 Å². The SMILES string of the molecule is CC(C(=O)O)c1cccc(NC(=O)COCC(F)(F)F)c1. The number of hydrogen-bond donors (Lipinski definition) is 2. The number of amides is 1. The number of hydrogen-bond acceptors (Lipinski definition) is 3. The van der Waals surface area contributed by atoms with Crippen molar-refractivity contribution in [2.75, 3.05) is 18.5 Å². The highest BCUT2D eigenvalue weighted by Gasteiger charge is 2.27. The molecular weight excluding hydrogens is 291 g/mol. The summed E-state index contributed by atoms with van der Waals surface area (Å²) in [5.41, 5.74) is 0.762. The number of anilines is 1. The summed E-state index contributed by atoms with van der Waals surface area (Å²) in [4.78, 5) is 22.2. The zero-order chi connectivity index (χ0) is 16.0. The monoisotopic (exact) mass is 305 g/mol. The van der Waals surface area contributed by atoms with E-state index in [0.29, 0.717) is 11.3 Å². The van der Waals surface area contributed by atoms with E-state index in [4.69, 9.17) is 5.11 Å². The van der Waals surface area contributed by atoms with E-state index in [0.717, 1.165) is 0 Å². The summed E-state index contributed by atoms with van der Waals surface area (Å²) in [7, 11) is 0. The molecule has 2 N–H and O–H groups in total. The summed E-state index contributed by atoms with van der Waals surface area (Å²) in [6.45, 7) is -0.759. The lowest BCUT2D eigenvalue weighted by Crippen LogP contribution is -2.24. The Morgan fingerprint density at radius 3 is 2.62 bits per heavy atom. The molecule has 116 valence electrons. The number of benzene rings is 1. The number of carbonyl (C=O) groups is 2. The molecule has 0 fully saturated rings. The fourth-order valence-electron chi connectivity index (χ4n) is 1.48. The van der Waals surface area contributed by atoms with Gasteiger partial charge >= 0.3 is 12.1 Å². The average molecular weight is 305 g/mol. The van der Waals surface area contributed by atoms with Crippen LogP contribution in [0, 0.1) is 0 Å². The van der Waals surface area contributed by atoms with Crippen LogP contribution in [-0.2, 0) is 14.3 Å². The lowest BCUT2D eigenvalue weighted by atomic mass is 10.0. The second-order valence-corrected chi connectivity index (χ2v) is 4.34. The number of carbonyl (C=O) groups excluding carboxylic acids is 1. The van der Waals surface area contributed by atoms with Crippen LogP contribution in [0.4, 0.5) is 18.9 Å². The van der Waals surface area contributed by atoms with E-state index >= 15 is 0 Å². The number of rotatable bonds is 6. The van der Waals surface area contributed by atoms with Crippen molar-refractivity contribution in [2.45, 2.75) is 19.0 Å². The lowest BCUT2D eigenvalue weighted by Gasteiger charge is -2.11. The van der Waals surface area contributed by atoms with Gasteiger partial charge in [-0.15, -0.1) is 0 Å². The minimum absolute atomic E-state index is 0.293. The number of nitrogens with one attached hydrogen (secondary N) is 1. The fourth-order valence-corrected chi connectivity index (χ4v) is 1.48. The van der Waals surface area contributed by atoms with E-state index in [-0.39, 0.29) is 0 Å². The predicted octanol–water partition coefficient (Wildman–Crippen LogP) is 2.39. The van der Waals surface area contributed by atoms with Crippen LogP contribution < -0.4 is 5.32 Å². The molecular formula is C13H14F3NO4. The summed E-state index contributed by atoms with van der Waals surface area (Å²) >= 11 is 0. The van der Waals surface area contributed by atoms with Gasteiger partial charge in [-0.1, -0.05) is 12.1 Å². The second kappa shape index (κ2) is 7.07. The fraction of sp³-hybridized carbons (Fsp3) is 0.385. The van der Waals surface area contributed by atoms with E-state index in [9.17, 15) is 22.8 Å². The van der Waals surface area contributed by atoms with Gasteiger partial charge in [0.15, 0.2) is 0 Å². The van der Waals surface area contributed by atoms with E-state index < -0.39 is 37.2 Å². The molecule has 1 unspecified atom stereocenters. The zero-order valence-electron chi connectivity index (χ0n) is 11.1. The minimum atomic E-state index is -4.49. The molecule has 0 aromatic heterocycles. The normalized spacial score (nSPS) is 12.8. The van der Waals surface area contributed by atoms with Crippen LogP contribution in [0.15, 0.2) is 24.3 Å². The van der Waals surface area contributed by atoms with E-state index in [1.165, 1.54) is 19.1 Å². The Morgan fingerprint density at radius 2 is 2.05 bits per heavy atom. The average Bonchev–Trinajstić information content (AvgIpc) is 2.36. The van der Waals surface area contributed by atoms with Crippen LogP contribution in [0.25, 0.3) is 0 Å². The van der Waals surface area contributed by atoms with E-state index in [2.05, 4.69) is 10.1 Å². The first-order valence-corrected chi connectivity index (χ1v) is 5.96. The molecule has 0 heterocycles. The smallest absolute Gasteiger partial charge is 0.411 e. The summed E-state index contributed by atoms with van der Waals surface area (Å²) in [6.07, 6.45) is -4.49. The molecule has 21 heavy (non-hydrogen) atoms. The lowest BCUT2D eigenvalue weighted by molar-refractivity contribution is -0.174. The molecule has 8 heteroatoms. The summed E-state index contributed by atoms with van der Waals surface area (Å²) < 4.78 is 39.7. The largest absolute Gasteiger partial charge is 0.481 e. The van der Waals surface area contributed by atoms with Crippen molar-refractivity contribution in [3.8, 4) is 0 Å². The first-order valence-electron chi connectivity index (χ1n) is 5.96. The van der Waals surface area contributed by atoms with E-state index in [1.807, 2.05) is 0 Å². The highest BCUT2D eigenvalue weighted by Crippen LogP contribution is 2.19. The van der Waals surface area contributed by atoms with Crippen molar-refractivity contribution in [2.24, 2.45) is 0 Å². The molecule has 1 amide bonds. The van der Waals surface area contributed by atoms with Crippen molar-refractivity contribution in [3.05, 3.63) is 29.8 Å². The summed E-state index contributed by atoms with van der Waals surface area (Å²) in [5, 5.41) is 11.2. The van der Waals surface area contributed by atoms with Crippen molar-refractivity contribution in [3.63, 3.8) is 0 Å². The third-order valence-electron chi connectivity index (χ3n) is 2.54. The van der Waals surface area contributed by atoms with Crippen molar-refractivity contribution in [1.29, 1.82) is 0 Å². The van der Waals surface area contributed by atoms with Gasteiger partial charge in [-0.2, -0.15) is 13.2 Å². The molecule has 0 aliphatic rings. The third kappa shape index (κ3) is 6.26. The van der Waals surface area contributed by atoms with Crippen molar-refractivity contribution < 1.29 is 32.6 Å². The summed E-state index contributed by atoms with van der Waals surface area (Å²) in [6, 6.07) is 6.07. The van der Waals surface area contributed by atoms with E-state index in [1.54, 1.807) is 12.1 Å². The molecule has 0 radical (unpaired) electrons. The predicted molar refractivity (Wildman–Crippen MR) is 68.0 cm³/mol. The number of carboxylic acids is 1. The molecule has 0 aliphatic heterocycles. The molecule has 1 atom stereocenters. The van der Waals surface area contributed by atoms with Gasteiger partial charge in [0, 0.05) is 5.69 Å². The Kier molecular flexibility index (Phi) is 5.71. The van der Waals surface area contributed by atoms with Gasteiger partial charge in [-0.3, -0.25) is 9.59 Å². The molecule has 5 nitrogen and oxygen atoms in total. The molecule has 0 saturated heterocycles. The maximum atomic E-state index is 11.8. The second-order valence-electron chi connectivity index (χ2n) is 4.34. The minimum Gasteiger partial charge on any atom is -0.481 e. The molecule has 0 bridgehead atoms. The quantitative estimate of drug-likeness (QED) is 0.846. The number of carboxylic acid groups (broad SMARTS) is 1. The number of halogens is 3. The Morgan fingerprint density at radius 1 is 1.38 bits per heavy atom. The topological polar surface area (TPSA) is 75.6 Å². The third-order valence-corrected chi connectivity index (χ3v) is 2.54. The molecule has 0 spiro atoms. The Hall–Kier alpha value is -2.09. The summed E-state index contributed by atoms with van der Waals surface area (Å²) in [5.74, 6) is -2.53. The standard InChI is InChI=1S/C13H14F3NO4/c1-8(12(19)20)9-3-2-4-10(5-9)17-11(18)6-21-7-13(14,15)16/h2-5,8H,6-7H2,1H3,(H,17,18)(H,19,20). The Bertz CT molecular complexity index is 516. The number of alkyl halides is 3. The molecule has 1 rings (SSSR count). The highest BCUT2D eigenvalue weighted by atomic mass is 19.4. The van der Waals surface area contributed by atoms with Crippen LogP contribution in [0.3, 0.4) is 0 Å². The van der Waals surface area contributed by atoms with Crippen LogP contribution in [0.1, 0.15) is 18.4 Å².